The quantitative estimate of drug-likeness (QED) is 0.794. The zero-order valence-corrected chi connectivity index (χ0v) is 11.7. The third kappa shape index (κ3) is 3.67. The lowest BCUT2D eigenvalue weighted by molar-refractivity contribution is -0.148. The Balaban J connectivity index is 2.74. The predicted molar refractivity (Wildman–Crippen MR) is 66.8 cm³/mol. The van der Waals surface area contributed by atoms with Crippen LogP contribution in [0.5, 0.6) is 0 Å². The van der Waals surface area contributed by atoms with Gasteiger partial charge >= 0.3 is 0 Å². The molecule has 1 saturated carbocycles. The van der Waals surface area contributed by atoms with Crippen LogP contribution in [0.25, 0.3) is 0 Å². The Hall–Kier alpha value is 0.320. The van der Waals surface area contributed by atoms with Gasteiger partial charge in [0.15, 0.2) is 5.78 Å². The van der Waals surface area contributed by atoms with E-state index >= 15 is 0 Å². The third-order valence-corrected chi connectivity index (χ3v) is 3.45. The zero-order chi connectivity index (χ0) is 11.7. The van der Waals surface area contributed by atoms with Crippen molar-refractivity contribution in [2.24, 2.45) is 5.41 Å². The normalized spacial score (nSPS) is 33.1. The van der Waals surface area contributed by atoms with E-state index in [1.54, 1.807) is 0 Å². The van der Waals surface area contributed by atoms with Gasteiger partial charge in [0.2, 0.25) is 0 Å². The molecule has 0 radical (unpaired) electrons. The summed E-state index contributed by atoms with van der Waals surface area (Å²) in [5, 5.41) is 10.3. The minimum Gasteiger partial charge on any atom is -0.382 e. The first-order chi connectivity index (χ1) is 6.77. The van der Waals surface area contributed by atoms with Crippen molar-refractivity contribution in [1.82, 2.24) is 0 Å². The van der Waals surface area contributed by atoms with Crippen LogP contribution in [0.4, 0.5) is 0 Å². The molecule has 0 heterocycles. The molecule has 1 rings (SSSR count). The van der Waals surface area contributed by atoms with Crippen molar-refractivity contribution in [3.05, 3.63) is 0 Å². The Kier molecular flexibility index (Phi) is 4.17. The molecule has 0 spiro atoms. The standard InChI is InChI=1S/C11H19IO3/c1-10(2,3)7-11(14)6-8(15-12)4-5-9(11)13/h8,14H,4-7H2,1-3H3/t8?,11-/m0/s1. The molecular weight excluding hydrogens is 307 g/mol. The number of carbonyl (C=O) groups is 1. The molecule has 0 aromatic rings. The number of carbonyl (C=O) groups excluding carboxylic acids is 1. The molecule has 3 nitrogen and oxygen atoms in total. The summed E-state index contributed by atoms with van der Waals surface area (Å²) in [6, 6.07) is 0. The second kappa shape index (κ2) is 4.67. The van der Waals surface area contributed by atoms with E-state index in [4.69, 9.17) is 3.07 Å². The van der Waals surface area contributed by atoms with Crippen LogP contribution in [0, 0.1) is 5.41 Å². The molecule has 0 aromatic heterocycles. The van der Waals surface area contributed by atoms with Crippen molar-refractivity contribution in [2.45, 2.75) is 58.2 Å². The highest BCUT2D eigenvalue weighted by atomic mass is 127. The van der Waals surface area contributed by atoms with Crippen LogP contribution in [-0.4, -0.2) is 22.6 Å². The average molecular weight is 326 g/mol. The van der Waals surface area contributed by atoms with Gasteiger partial charge in [-0.1, -0.05) is 20.8 Å². The summed E-state index contributed by atoms with van der Waals surface area (Å²) < 4.78 is 5.21. The monoisotopic (exact) mass is 326 g/mol. The molecule has 0 aliphatic heterocycles. The lowest BCUT2D eigenvalue weighted by atomic mass is 9.72. The minimum atomic E-state index is -1.17. The van der Waals surface area contributed by atoms with E-state index in [9.17, 15) is 9.90 Å². The number of hydrogen-bond donors (Lipinski definition) is 1. The molecule has 0 saturated heterocycles. The first-order valence-corrected chi connectivity index (χ1v) is 6.18. The summed E-state index contributed by atoms with van der Waals surface area (Å²) in [5.74, 6) is -0.0258. The van der Waals surface area contributed by atoms with Gasteiger partial charge in [-0.25, -0.2) is 0 Å². The van der Waals surface area contributed by atoms with Crippen molar-refractivity contribution >= 4 is 28.8 Å². The number of halogens is 1. The van der Waals surface area contributed by atoms with Gasteiger partial charge in [0.1, 0.15) is 28.6 Å². The summed E-state index contributed by atoms with van der Waals surface area (Å²) in [6.07, 6.45) is 2.12. The van der Waals surface area contributed by atoms with Crippen molar-refractivity contribution in [3.63, 3.8) is 0 Å². The van der Waals surface area contributed by atoms with Crippen LogP contribution in [0.15, 0.2) is 0 Å². The molecule has 1 aliphatic carbocycles. The van der Waals surface area contributed by atoms with E-state index in [2.05, 4.69) is 0 Å². The Bertz CT molecular complexity index is 247. The van der Waals surface area contributed by atoms with Gasteiger partial charge in [0, 0.05) is 12.8 Å². The summed E-state index contributed by atoms with van der Waals surface area (Å²) >= 11 is 1.85. The van der Waals surface area contributed by atoms with Crippen molar-refractivity contribution in [2.75, 3.05) is 0 Å². The minimum absolute atomic E-state index is 0.00986. The van der Waals surface area contributed by atoms with Gasteiger partial charge in [0.05, 0.1) is 6.10 Å². The summed E-state index contributed by atoms with van der Waals surface area (Å²) in [7, 11) is 0. The van der Waals surface area contributed by atoms with Crippen LogP contribution in [0.1, 0.15) is 46.5 Å². The molecule has 1 fully saturated rings. The average Bonchev–Trinajstić information content (AvgIpc) is 2.07. The van der Waals surface area contributed by atoms with Gasteiger partial charge in [-0.2, -0.15) is 0 Å². The Labute approximate surface area is 105 Å². The van der Waals surface area contributed by atoms with Gasteiger partial charge in [0.25, 0.3) is 0 Å². The molecule has 4 heteroatoms. The van der Waals surface area contributed by atoms with E-state index in [-0.39, 0.29) is 17.3 Å². The topological polar surface area (TPSA) is 46.5 Å². The summed E-state index contributed by atoms with van der Waals surface area (Å²) in [6.45, 7) is 6.10. The molecule has 0 aromatic carbocycles. The van der Waals surface area contributed by atoms with Crippen LogP contribution in [-0.2, 0) is 7.86 Å². The molecule has 1 aliphatic rings. The second-order valence-corrected chi connectivity index (χ2v) is 6.15. The molecule has 88 valence electrons. The maximum atomic E-state index is 11.7. The molecule has 2 atom stereocenters. The van der Waals surface area contributed by atoms with Crippen LogP contribution < -0.4 is 0 Å². The van der Waals surface area contributed by atoms with Crippen molar-refractivity contribution in [1.29, 1.82) is 0 Å². The summed E-state index contributed by atoms with van der Waals surface area (Å²) in [4.78, 5) is 11.7. The Morgan fingerprint density at radius 1 is 1.60 bits per heavy atom. The van der Waals surface area contributed by atoms with Crippen LogP contribution in [0.2, 0.25) is 0 Å². The molecular formula is C11H19IO3. The molecule has 1 unspecified atom stereocenters. The molecule has 15 heavy (non-hydrogen) atoms. The van der Waals surface area contributed by atoms with Gasteiger partial charge < -0.3 is 8.17 Å². The second-order valence-electron chi connectivity index (χ2n) is 5.65. The first kappa shape index (κ1) is 13.4. The van der Waals surface area contributed by atoms with Gasteiger partial charge in [-0.05, 0) is 18.3 Å². The van der Waals surface area contributed by atoms with Crippen molar-refractivity contribution < 1.29 is 13.0 Å². The fourth-order valence-corrected chi connectivity index (χ4v) is 2.68. The maximum absolute atomic E-state index is 11.7. The highest BCUT2D eigenvalue weighted by molar-refractivity contribution is 14.1. The molecule has 0 amide bonds. The van der Waals surface area contributed by atoms with Gasteiger partial charge in [-0.15, -0.1) is 0 Å². The van der Waals surface area contributed by atoms with E-state index in [0.717, 1.165) is 6.42 Å². The number of rotatable bonds is 2. The van der Waals surface area contributed by atoms with E-state index < -0.39 is 5.60 Å². The number of aliphatic hydroxyl groups is 1. The smallest absolute Gasteiger partial charge is 0.164 e. The van der Waals surface area contributed by atoms with E-state index in [1.165, 1.54) is 0 Å². The Morgan fingerprint density at radius 3 is 2.67 bits per heavy atom. The van der Waals surface area contributed by atoms with Gasteiger partial charge in [-0.3, -0.25) is 4.79 Å². The zero-order valence-electron chi connectivity index (χ0n) is 9.55. The highest BCUT2D eigenvalue weighted by Crippen LogP contribution is 2.37. The van der Waals surface area contributed by atoms with Crippen LogP contribution >= 0.6 is 23.0 Å². The fourth-order valence-electron chi connectivity index (χ4n) is 2.24. The molecule has 1 N–H and O–H groups in total. The number of hydrogen-bond acceptors (Lipinski definition) is 3. The number of ketones is 1. The highest BCUT2D eigenvalue weighted by Gasteiger charge is 2.44. The largest absolute Gasteiger partial charge is 0.382 e. The Morgan fingerprint density at radius 2 is 2.20 bits per heavy atom. The number of Topliss-reactive ketones (excluding diaryl/α,β-unsaturated/α-hetero) is 1. The lowest BCUT2D eigenvalue weighted by Crippen LogP contribution is -2.48. The lowest BCUT2D eigenvalue weighted by Gasteiger charge is -2.38. The van der Waals surface area contributed by atoms with E-state index in [0.29, 0.717) is 19.3 Å². The van der Waals surface area contributed by atoms with Crippen molar-refractivity contribution in [3.8, 4) is 0 Å². The maximum Gasteiger partial charge on any atom is 0.164 e. The van der Waals surface area contributed by atoms with Crippen LogP contribution in [0.3, 0.4) is 0 Å². The first-order valence-electron chi connectivity index (χ1n) is 5.30. The SMILES string of the molecule is CC(C)(C)C[C@@]1(O)CC(OI)CCC1=O. The molecule has 0 bridgehead atoms. The predicted octanol–water partition coefficient (Wildman–Crippen LogP) is 2.64. The summed E-state index contributed by atoms with van der Waals surface area (Å²) in [5.41, 5.74) is -1.22. The fraction of sp³-hybridized carbons (Fsp3) is 0.909. The third-order valence-electron chi connectivity index (χ3n) is 2.73. The van der Waals surface area contributed by atoms with E-state index in [1.807, 2.05) is 43.8 Å².